The molecule has 14 heavy (non-hydrogen) atoms. The van der Waals surface area contributed by atoms with E-state index in [2.05, 4.69) is 0 Å². The third kappa shape index (κ3) is 12.5. The molecule has 2 radical (unpaired) electrons. The summed E-state index contributed by atoms with van der Waals surface area (Å²) < 4.78 is 5.00. The summed E-state index contributed by atoms with van der Waals surface area (Å²) in [5.41, 5.74) is 0. The second kappa shape index (κ2) is 13.5. The Hall–Kier alpha value is 0.514. The Balaban J connectivity index is 3.60. The number of hydrogen-bond acceptors (Lipinski definition) is 1. The van der Waals surface area contributed by atoms with Crippen LogP contribution in [0.5, 0.6) is 0 Å². The van der Waals surface area contributed by atoms with Gasteiger partial charge in [-0.15, -0.1) is 0 Å². The third-order valence-electron chi connectivity index (χ3n) is 1.23. The van der Waals surface area contributed by atoms with Gasteiger partial charge in [0.05, 0.1) is 0 Å². The van der Waals surface area contributed by atoms with Gasteiger partial charge < -0.3 is 0 Å². The molecule has 0 atom stereocenters. The van der Waals surface area contributed by atoms with Crippen LogP contribution in [0.25, 0.3) is 0 Å². The Labute approximate surface area is 93.4 Å². The van der Waals surface area contributed by atoms with Crippen LogP contribution >= 0.6 is 0 Å². The van der Waals surface area contributed by atoms with E-state index in [1.54, 1.807) is 13.7 Å². The van der Waals surface area contributed by atoms with Gasteiger partial charge in [0.1, 0.15) is 0 Å². The summed E-state index contributed by atoms with van der Waals surface area (Å²) in [5, 5.41) is 0. The van der Waals surface area contributed by atoms with Gasteiger partial charge in [-0.2, -0.15) is 0 Å². The molecular weight excluding hydrogens is 159 g/mol. The van der Waals surface area contributed by atoms with E-state index in [0.717, 1.165) is 0 Å². The van der Waals surface area contributed by atoms with Gasteiger partial charge in [0.2, 0.25) is 0 Å². The second-order valence-electron chi connectivity index (χ2n) is 2.32. The van der Waals surface area contributed by atoms with Crippen molar-refractivity contribution in [2.24, 2.45) is 0 Å². The van der Waals surface area contributed by atoms with E-state index in [-0.39, 0.29) is 0 Å². The van der Waals surface area contributed by atoms with Crippen LogP contribution in [0, 0.1) is 0 Å². The van der Waals surface area contributed by atoms with Crippen molar-refractivity contribution in [1.82, 2.24) is 0 Å². The Morgan fingerprint density at radius 3 is 1.86 bits per heavy atom. The molecule has 52 valence electrons. The van der Waals surface area contributed by atoms with Crippen molar-refractivity contribution >= 4 is 75.0 Å². The van der Waals surface area contributed by atoms with Crippen molar-refractivity contribution in [2.45, 2.75) is 6.92 Å². The molecule has 0 aromatic carbocycles. The predicted molar refractivity (Wildman–Crippen MR) is 74.9 cm³/mol. The number of hydrogen-bond donors (Lipinski definition) is 0. The molecule has 0 aromatic heterocycles. The first-order chi connectivity index (χ1) is 6.91. The van der Waals surface area contributed by atoms with Crippen LogP contribution < -0.4 is 0 Å². The van der Waals surface area contributed by atoms with Crippen LogP contribution in [-0.2, 0) is 4.65 Å². The molecule has 0 aromatic rings. The monoisotopic (exact) mass is 166 g/mol. The first-order valence-corrected chi connectivity index (χ1v) is 4.56. The van der Waals surface area contributed by atoms with Crippen LogP contribution in [0.15, 0.2) is 0 Å². The SMILES string of the molecule is [B]B=BB=BB=BB=BB=BOCC. The van der Waals surface area contributed by atoms with Crippen LogP contribution in [-0.4, -0.2) is 81.6 Å². The molecule has 0 aliphatic rings. The zero-order valence-corrected chi connectivity index (χ0v) is 8.47. The minimum atomic E-state index is 0.703. The summed E-state index contributed by atoms with van der Waals surface area (Å²) >= 11 is 0. The zero-order chi connectivity index (χ0) is 10.5. The maximum atomic E-state index is 5.14. The topological polar surface area (TPSA) is 9.23 Å². The van der Waals surface area contributed by atoms with Gasteiger partial charge in [0.25, 0.3) is 0 Å². The predicted octanol–water partition coefficient (Wildman–Crippen LogP) is -3.70. The molecule has 12 heteroatoms. The first kappa shape index (κ1) is 14.5. The van der Waals surface area contributed by atoms with Crippen molar-refractivity contribution in [2.75, 3.05) is 6.61 Å². The number of rotatable bonds is 6. The maximum absolute atomic E-state index is 5.14. The van der Waals surface area contributed by atoms with Crippen LogP contribution in [0.4, 0.5) is 0 Å². The fourth-order valence-corrected chi connectivity index (χ4v) is 0.646. The van der Waals surface area contributed by atoms with E-state index < -0.39 is 0 Å². The van der Waals surface area contributed by atoms with E-state index >= 15 is 0 Å². The summed E-state index contributed by atoms with van der Waals surface area (Å²) in [5.74, 6) is 0. The quantitative estimate of drug-likeness (QED) is 0.367. The van der Waals surface area contributed by atoms with Gasteiger partial charge >= 0.3 is 93.2 Å². The van der Waals surface area contributed by atoms with Crippen molar-refractivity contribution < 1.29 is 4.65 Å². The van der Waals surface area contributed by atoms with E-state index in [4.69, 9.17) is 12.4 Å². The Morgan fingerprint density at radius 1 is 0.857 bits per heavy atom. The second-order valence-corrected chi connectivity index (χ2v) is 2.32. The normalized spacial score (nSPS) is 7.50. The van der Waals surface area contributed by atoms with E-state index in [1.807, 2.05) is 53.8 Å². The molecule has 0 fully saturated rings. The standard InChI is InChI=1S/C2H5B11O/c1-2-14-13-12-11-10-9-8-7-6-5-4-3/h2H2,1H3. The van der Waals surface area contributed by atoms with Gasteiger partial charge in [-0.25, -0.2) is 0 Å². The fraction of sp³-hybridized carbons (Fsp3) is 1.00. The van der Waals surface area contributed by atoms with Crippen molar-refractivity contribution in [1.29, 1.82) is 0 Å². The van der Waals surface area contributed by atoms with E-state index in [0.29, 0.717) is 6.61 Å². The Morgan fingerprint density at radius 2 is 1.36 bits per heavy atom. The Kier molecular flexibility index (Phi) is 14.0. The molecule has 0 bridgehead atoms. The van der Waals surface area contributed by atoms with E-state index in [1.165, 1.54) is 6.69 Å². The van der Waals surface area contributed by atoms with Gasteiger partial charge in [-0.1, -0.05) is 0 Å². The molecule has 0 unspecified atom stereocenters. The molecule has 0 saturated carbocycles. The molecule has 0 saturated heterocycles. The summed E-state index contributed by atoms with van der Waals surface area (Å²) in [6.45, 7) is 19.2. The molecule has 0 heterocycles. The molecular formula is C2H5B11O. The molecule has 0 aliphatic carbocycles. The van der Waals surface area contributed by atoms with Crippen molar-refractivity contribution in [3.63, 3.8) is 0 Å². The van der Waals surface area contributed by atoms with Crippen LogP contribution in [0.1, 0.15) is 6.92 Å². The molecule has 0 amide bonds. The Bertz CT molecular complexity index is 250. The molecule has 0 N–H and O–H groups in total. The molecule has 1 nitrogen and oxygen atoms in total. The average Bonchev–Trinajstić information content (AvgIpc) is 2.21. The molecule has 0 spiro atoms. The molecule has 0 rings (SSSR count). The third-order valence-corrected chi connectivity index (χ3v) is 1.23. The van der Waals surface area contributed by atoms with Gasteiger partial charge in [-0.3, -0.25) is 0 Å². The van der Waals surface area contributed by atoms with Crippen LogP contribution in [0.2, 0.25) is 0 Å². The summed E-state index contributed by atoms with van der Waals surface area (Å²) in [6, 6.07) is 0. The van der Waals surface area contributed by atoms with Crippen molar-refractivity contribution in [3.8, 4) is 0 Å². The van der Waals surface area contributed by atoms with E-state index in [9.17, 15) is 0 Å². The van der Waals surface area contributed by atoms with Crippen LogP contribution in [0.3, 0.4) is 0 Å². The fourth-order valence-electron chi connectivity index (χ4n) is 0.646. The molecule has 0 aliphatic heterocycles. The first-order valence-electron chi connectivity index (χ1n) is 4.56. The van der Waals surface area contributed by atoms with Gasteiger partial charge in [-0.05, 0) is 0 Å². The zero-order valence-electron chi connectivity index (χ0n) is 8.47. The summed E-state index contributed by atoms with van der Waals surface area (Å²) in [7, 11) is 6.81. The summed E-state index contributed by atoms with van der Waals surface area (Å²) in [4.78, 5) is 0. The average molecular weight is 164 g/mol. The van der Waals surface area contributed by atoms with Gasteiger partial charge in [0, 0.05) is 0 Å². The van der Waals surface area contributed by atoms with Gasteiger partial charge in [0.15, 0.2) is 0 Å². The summed E-state index contributed by atoms with van der Waals surface area (Å²) in [6.07, 6.45) is 0. The minimum absolute atomic E-state index is 0.703. The van der Waals surface area contributed by atoms with Crippen molar-refractivity contribution in [3.05, 3.63) is 0 Å².